The summed E-state index contributed by atoms with van der Waals surface area (Å²) in [7, 11) is 0. The van der Waals surface area contributed by atoms with Crippen molar-refractivity contribution in [2.45, 2.75) is 43.2 Å². The number of aromatic nitrogens is 3. The lowest BCUT2D eigenvalue weighted by molar-refractivity contribution is 0.102. The van der Waals surface area contributed by atoms with E-state index >= 15 is 0 Å². The quantitative estimate of drug-likeness (QED) is 0.199. The molecule has 0 unspecified atom stereocenters. The van der Waals surface area contributed by atoms with E-state index in [0.29, 0.717) is 21.8 Å². The van der Waals surface area contributed by atoms with Crippen molar-refractivity contribution >= 4 is 29.1 Å². The van der Waals surface area contributed by atoms with Crippen LogP contribution in [-0.4, -0.2) is 26.3 Å². The Hall–Kier alpha value is -2.89. The van der Waals surface area contributed by atoms with Gasteiger partial charge in [0, 0.05) is 21.8 Å². The number of halogens is 1. The zero-order valence-corrected chi connectivity index (χ0v) is 20.4. The normalized spacial score (nSPS) is 14.3. The summed E-state index contributed by atoms with van der Waals surface area (Å²) in [5.41, 5.74) is 3.97. The summed E-state index contributed by atoms with van der Waals surface area (Å²) in [6.07, 6.45) is 6.47. The molecular formula is C28H26ClN3OS. The highest BCUT2D eigenvalue weighted by Gasteiger charge is 2.19. The summed E-state index contributed by atoms with van der Waals surface area (Å²) in [6, 6.07) is 25.7. The van der Waals surface area contributed by atoms with E-state index in [1.54, 1.807) is 0 Å². The van der Waals surface area contributed by atoms with Crippen molar-refractivity contribution < 1.29 is 4.79 Å². The van der Waals surface area contributed by atoms with Gasteiger partial charge in [-0.2, -0.15) is 0 Å². The number of nitrogens with zero attached hydrogens (tertiary/aromatic N) is 3. The van der Waals surface area contributed by atoms with Gasteiger partial charge in [-0.15, -0.1) is 10.2 Å². The lowest BCUT2D eigenvalue weighted by atomic mass is 9.84. The number of ketones is 1. The Morgan fingerprint density at radius 2 is 1.59 bits per heavy atom. The van der Waals surface area contributed by atoms with E-state index in [9.17, 15) is 4.79 Å². The highest BCUT2D eigenvalue weighted by molar-refractivity contribution is 7.99. The van der Waals surface area contributed by atoms with Crippen molar-refractivity contribution in [1.82, 2.24) is 14.8 Å². The summed E-state index contributed by atoms with van der Waals surface area (Å²) >= 11 is 7.51. The molecule has 4 aromatic rings. The molecule has 1 saturated carbocycles. The molecule has 5 rings (SSSR count). The molecule has 0 aliphatic heterocycles. The highest BCUT2D eigenvalue weighted by Crippen LogP contribution is 2.33. The molecule has 0 atom stereocenters. The second-order valence-corrected chi connectivity index (χ2v) is 10.0. The van der Waals surface area contributed by atoms with Gasteiger partial charge in [0.15, 0.2) is 16.8 Å². The van der Waals surface area contributed by atoms with Gasteiger partial charge in [0.05, 0.1) is 5.75 Å². The summed E-state index contributed by atoms with van der Waals surface area (Å²) < 4.78 is 1.98. The van der Waals surface area contributed by atoms with Crippen LogP contribution in [0.3, 0.4) is 0 Å². The molecular weight excluding hydrogens is 462 g/mol. The first kappa shape index (κ1) is 22.9. The number of rotatable bonds is 7. The average Bonchev–Trinajstić information content (AvgIpc) is 3.33. The minimum absolute atomic E-state index is 0.0899. The van der Waals surface area contributed by atoms with Gasteiger partial charge in [0.25, 0.3) is 0 Å². The van der Waals surface area contributed by atoms with Crippen LogP contribution in [0.1, 0.15) is 53.9 Å². The van der Waals surface area contributed by atoms with E-state index in [1.807, 2.05) is 71.3 Å². The van der Waals surface area contributed by atoms with Crippen molar-refractivity contribution in [2.75, 3.05) is 5.75 Å². The zero-order valence-electron chi connectivity index (χ0n) is 18.9. The van der Waals surface area contributed by atoms with Crippen molar-refractivity contribution in [3.63, 3.8) is 0 Å². The maximum absolute atomic E-state index is 13.0. The summed E-state index contributed by atoms with van der Waals surface area (Å²) in [5, 5.41) is 10.2. The number of hydrogen-bond donors (Lipinski definition) is 0. The van der Waals surface area contributed by atoms with Gasteiger partial charge < -0.3 is 0 Å². The molecule has 1 fully saturated rings. The minimum atomic E-state index is 0.0899. The predicted octanol–water partition coefficient (Wildman–Crippen LogP) is 7.61. The molecule has 0 bridgehead atoms. The summed E-state index contributed by atoms with van der Waals surface area (Å²) in [6.45, 7) is 0. The Kier molecular flexibility index (Phi) is 7.12. The second kappa shape index (κ2) is 10.6. The van der Waals surface area contributed by atoms with E-state index in [2.05, 4.69) is 22.3 Å². The molecule has 0 N–H and O–H groups in total. The fourth-order valence-electron chi connectivity index (χ4n) is 4.55. The maximum atomic E-state index is 13.0. The van der Waals surface area contributed by atoms with E-state index < -0.39 is 0 Å². The van der Waals surface area contributed by atoms with Crippen LogP contribution in [0, 0.1) is 0 Å². The maximum Gasteiger partial charge on any atom is 0.196 e. The third kappa shape index (κ3) is 5.11. The molecule has 0 radical (unpaired) electrons. The predicted molar refractivity (Wildman–Crippen MR) is 139 cm³/mol. The Morgan fingerprint density at radius 1 is 0.882 bits per heavy atom. The smallest absolute Gasteiger partial charge is 0.196 e. The fraction of sp³-hybridized carbons (Fsp3) is 0.250. The SMILES string of the molecule is O=C(CSc1nnc(-c2ccccc2)n1-c1ccc(Cl)cc1)c1ccc(C2CCCCC2)cc1. The van der Waals surface area contributed by atoms with Crippen LogP contribution in [0.15, 0.2) is 84.0 Å². The first-order valence-corrected chi connectivity index (χ1v) is 13.1. The molecule has 3 aromatic carbocycles. The standard InChI is InChI=1S/C28H26ClN3OS/c29-24-15-17-25(18-16-24)32-27(23-9-5-2-6-10-23)30-31-28(32)34-19-26(33)22-13-11-21(12-14-22)20-7-3-1-4-8-20/h2,5-6,9-18,20H,1,3-4,7-8,19H2. The van der Waals surface area contributed by atoms with Crippen LogP contribution in [-0.2, 0) is 0 Å². The van der Waals surface area contributed by atoms with Gasteiger partial charge >= 0.3 is 0 Å². The van der Waals surface area contributed by atoms with Crippen molar-refractivity contribution in [1.29, 1.82) is 0 Å². The molecule has 6 heteroatoms. The fourth-order valence-corrected chi connectivity index (χ4v) is 5.52. The molecule has 0 spiro atoms. The van der Waals surface area contributed by atoms with Gasteiger partial charge in [-0.1, -0.05) is 97.2 Å². The largest absolute Gasteiger partial charge is 0.293 e. The molecule has 1 heterocycles. The van der Waals surface area contributed by atoms with E-state index in [0.717, 1.165) is 22.6 Å². The van der Waals surface area contributed by atoms with Gasteiger partial charge in [0.1, 0.15) is 0 Å². The Balaban J connectivity index is 1.35. The van der Waals surface area contributed by atoms with Gasteiger partial charge in [-0.05, 0) is 48.6 Å². The van der Waals surface area contributed by atoms with Crippen LogP contribution in [0.2, 0.25) is 5.02 Å². The molecule has 4 nitrogen and oxygen atoms in total. The topological polar surface area (TPSA) is 47.8 Å². The lowest BCUT2D eigenvalue weighted by Gasteiger charge is -2.22. The van der Waals surface area contributed by atoms with E-state index in [1.165, 1.54) is 49.4 Å². The second-order valence-electron chi connectivity index (χ2n) is 8.65. The minimum Gasteiger partial charge on any atom is -0.293 e. The summed E-state index contributed by atoms with van der Waals surface area (Å²) in [5.74, 6) is 1.76. The Bertz CT molecular complexity index is 1250. The Morgan fingerprint density at radius 3 is 2.29 bits per heavy atom. The number of benzene rings is 3. The zero-order chi connectivity index (χ0) is 23.3. The van der Waals surface area contributed by atoms with Crippen LogP contribution in [0.4, 0.5) is 0 Å². The molecule has 172 valence electrons. The van der Waals surface area contributed by atoms with E-state index in [4.69, 9.17) is 11.6 Å². The number of carbonyl (C=O) groups excluding carboxylic acids is 1. The number of Topliss-reactive ketones (excluding diaryl/α,β-unsaturated/α-hetero) is 1. The van der Waals surface area contributed by atoms with Crippen LogP contribution in [0.5, 0.6) is 0 Å². The van der Waals surface area contributed by atoms with Gasteiger partial charge in [0.2, 0.25) is 0 Å². The lowest BCUT2D eigenvalue weighted by Crippen LogP contribution is -2.07. The van der Waals surface area contributed by atoms with E-state index in [-0.39, 0.29) is 5.78 Å². The molecule has 0 saturated heterocycles. The van der Waals surface area contributed by atoms with Gasteiger partial charge in [-0.3, -0.25) is 9.36 Å². The average molecular weight is 488 g/mol. The number of carbonyl (C=O) groups is 1. The number of hydrogen-bond acceptors (Lipinski definition) is 4. The van der Waals surface area contributed by atoms with Crippen LogP contribution in [0.25, 0.3) is 17.1 Å². The monoisotopic (exact) mass is 487 g/mol. The highest BCUT2D eigenvalue weighted by atomic mass is 35.5. The third-order valence-corrected chi connectivity index (χ3v) is 7.57. The first-order valence-electron chi connectivity index (χ1n) is 11.7. The molecule has 1 aliphatic rings. The third-order valence-electron chi connectivity index (χ3n) is 6.39. The molecule has 1 aliphatic carbocycles. The first-order chi connectivity index (χ1) is 16.7. The Labute approximate surface area is 209 Å². The molecule has 0 amide bonds. The van der Waals surface area contributed by atoms with Crippen molar-refractivity contribution in [3.8, 4) is 17.1 Å². The molecule has 34 heavy (non-hydrogen) atoms. The van der Waals surface area contributed by atoms with Crippen LogP contribution < -0.4 is 0 Å². The molecule has 1 aromatic heterocycles. The number of thioether (sulfide) groups is 1. The summed E-state index contributed by atoms with van der Waals surface area (Å²) in [4.78, 5) is 13.0. The van der Waals surface area contributed by atoms with Gasteiger partial charge in [-0.25, -0.2) is 0 Å². The van der Waals surface area contributed by atoms with Crippen molar-refractivity contribution in [3.05, 3.63) is 95.0 Å². The van der Waals surface area contributed by atoms with Crippen LogP contribution >= 0.6 is 23.4 Å². The van der Waals surface area contributed by atoms with Crippen molar-refractivity contribution in [2.24, 2.45) is 0 Å².